The van der Waals surface area contributed by atoms with Crippen LogP contribution in [0.3, 0.4) is 0 Å². The number of carbonyl (C=O) groups is 3. The van der Waals surface area contributed by atoms with Gasteiger partial charge in [0.2, 0.25) is 5.91 Å². The molecule has 1 heterocycles. The summed E-state index contributed by atoms with van der Waals surface area (Å²) in [6, 6.07) is 0. The van der Waals surface area contributed by atoms with E-state index in [0.717, 1.165) is 25.9 Å². The zero-order valence-corrected chi connectivity index (χ0v) is 16.9. The Morgan fingerprint density at radius 3 is 2.22 bits per heavy atom. The molecule has 0 aliphatic carbocycles. The number of nitrogens with one attached hydrogen (secondary N) is 1. The molecule has 0 atom stereocenters. The molecule has 0 fully saturated rings. The first-order valence-corrected chi connectivity index (χ1v) is 9.75. The fourth-order valence-corrected chi connectivity index (χ4v) is 2.44. The maximum Gasteiger partial charge on any atom is 0.253 e. The van der Waals surface area contributed by atoms with Gasteiger partial charge < -0.3 is 14.8 Å². The van der Waals surface area contributed by atoms with E-state index in [1.165, 1.54) is 17.1 Å². The molecule has 1 aliphatic rings. The Hall–Kier alpha value is -1.73. The maximum absolute atomic E-state index is 11.7. The number of nitrogens with zero attached hydrogens (tertiary/aromatic N) is 1. The standard InChI is InChI=1S/C20H34N2O5/c1-20(2,3)10-13-26-15-16-27-14-11-21-17(23)7-5-4-6-12-22-18(24)8-9-19(22)25/h8-9H,4-7,10-16H2,1-3H3,(H,21,23). The molecule has 0 spiro atoms. The molecule has 1 N–H and O–H groups in total. The minimum Gasteiger partial charge on any atom is -0.379 e. The highest BCUT2D eigenvalue weighted by Crippen LogP contribution is 2.17. The van der Waals surface area contributed by atoms with E-state index in [-0.39, 0.29) is 23.1 Å². The first-order chi connectivity index (χ1) is 12.8. The Morgan fingerprint density at radius 1 is 0.963 bits per heavy atom. The van der Waals surface area contributed by atoms with Gasteiger partial charge in [0.15, 0.2) is 0 Å². The van der Waals surface area contributed by atoms with E-state index in [2.05, 4.69) is 26.1 Å². The molecule has 154 valence electrons. The smallest absolute Gasteiger partial charge is 0.253 e. The minimum atomic E-state index is -0.252. The van der Waals surface area contributed by atoms with Crippen molar-refractivity contribution in [1.82, 2.24) is 10.2 Å². The van der Waals surface area contributed by atoms with E-state index in [0.29, 0.717) is 45.8 Å². The average Bonchev–Trinajstić information content (AvgIpc) is 2.90. The number of amides is 3. The van der Waals surface area contributed by atoms with Crippen LogP contribution in [0.4, 0.5) is 0 Å². The van der Waals surface area contributed by atoms with Crippen molar-refractivity contribution in [2.45, 2.75) is 52.9 Å². The van der Waals surface area contributed by atoms with E-state index in [1.54, 1.807) is 0 Å². The summed E-state index contributed by atoms with van der Waals surface area (Å²) in [7, 11) is 0. The molecule has 27 heavy (non-hydrogen) atoms. The minimum absolute atomic E-state index is 0.00461. The van der Waals surface area contributed by atoms with E-state index in [4.69, 9.17) is 9.47 Å². The zero-order valence-electron chi connectivity index (χ0n) is 16.9. The molecule has 0 saturated heterocycles. The van der Waals surface area contributed by atoms with Gasteiger partial charge in [-0.05, 0) is 24.7 Å². The summed E-state index contributed by atoms with van der Waals surface area (Å²) in [4.78, 5) is 35.7. The molecule has 3 amide bonds. The van der Waals surface area contributed by atoms with Gasteiger partial charge in [0, 0.05) is 38.3 Å². The van der Waals surface area contributed by atoms with Gasteiger partial charge in [0.25, 0.3) is 11.8 Å². The molecule has 0 unspecified atom stereocenters. The first kappa shape index (κ1) is 23.3. The van der Waals surface area contributed by atoms with E-state index in [1.807, 2.05) is 0 Å². The molecule has 0 aromatic rings. The second kappa shape index (κ2) is 12.6. The maximum atomic E-state index is 11.7. The van der Waals surface area contributed by atoms with Crippen molar-refractivity contribution in [2.75, 3.05) is 39.5 Å². The van der Waals surface area contributed by atoms with Gasteiger partial charge in [-0.2, -0.15) is 0 Å². The topological polar surface area (TPSA) is 84.9 Å². The molecule has 0 aromatic heterocycles. The molecule has 0 bridgehead atoms. The first-order valence-electron chi connectivity index (χ1n) is 9.75. The molecule has 1 aliphatic heterocycles. The lowest BCUT2D eigenvalue weighted by Crippen LogP contribution is -2.31. The van der Waals surface area contributed by atoms with Gasteiger partial charge in [0.05, 0.1) is 19.8 Å². The van der Waals surface area contributed by atoms with Gasteiger partial charge in [-0.15, -0.1) is 0 Å². The third-order valence-corrected chi connectivity index (χ3v) is 4.12. The highest BCUT2D eigenvalue weighted by Gasteiger charge is 2.22. The van der Waals surface area contributed by atoms with Crippen LogP contribution < -0.4 is 5.32 Å². The van der Waals surface area contributed by atoms with E-state index < -0.39 is 0 Å². The summed E-state index contributed by atoms with van der Waals surface area (Å²) in [6.07, 6.45) is 6.28. The molecule has 7 nitrogen and oxygen atoms in total. The summed E-state index contributed by atoms with van der Waals surface area (Å²) in [6.45, 7) is 9.76. The second-order valence-electron chi connectivity index (χ2n) is 7.86. The van der Waals surface area contributed by atoms with Crippen molar-refractivity contribution in [3.63, 3.8) is 0 Å². The summed E-state index contributed by atoms with van der Waals surface area (Å²) in [5, 5.41) is 2.82. The van der Waals surface area contributed by atoms with Crippen molar-refractivity contribution >= 4 is 17.7 Å². The Balaban J connectivity index is 1.86. The number of imide groups is 1. The largest absolute Gasteiger partial charge is 0.379 e. The van der Waals surface area contributed by atoms with Crippen LogP contribution in [-0.2, 0) is 23.9 Å². The summed E-state index contributed by atoms with van der Waals surface area (Å²) >= 11 is 0. The summed E-state index contributed by atoms with van der Waals surface area (Å²) in [5.74, 6) is -0.510. The molecule has 1 rings (SSSR count). The van der Waals surface area contributed by atoms with Crippen molar-refractivity contribution in [2.24, 2.45) is 5.41 Å². The highest BCUT2D eigenvalue weighted by atomic mass is 16.5. The Kier molecular flexibility index (Phi) is 10.9. The molecule has 0 radical (unpaired) electrons. The van der Waals surface area contributed by atoms with Crippen LogP contribution in [0.1, 0.15) is 52.9 Å². The number of unbranched alkanes of at least 4 members (excludes halogenated alkanes) is 2. The van der Waals surface area contributed by atoms with Crippen LogP contribution in [0.2, 0.25) is 0 Å². The van der Waals surface area contributed by atoms with Gasteiger partial charge in [-0.25, -0.2) is 0 Å². The van der Waals surface area contributed by atoms with Gasteiger partial charge >= 0.3 is 0 Å². The molecule has 0 aromatic carbocycles. The van der Waals surface area contributed by atoms with Crippen molar-refractivity contribution in [3.05, 3.63) is 12.2 Å². The lowest BCUT2D eigenvalue weighted by molar-refractivity contribution is -0.137. The third-order valence-electron chi connectivity index (χ3n) is 4.12. The van der Waals surface area contributed by atoms with Crippen molar-refractivity contribution < 1.29 is 23.9 Å². The number of hydrogen-bond acceptors (Lipinski definition) is 5. The monoisotopic (exact) mass is 382 g/mol. The van der Waals surface area contributed by atoms with Crippen LogP contribution >= 0.6 is 0 Å². The fraction of sp³-hybridized carbons (Fsp3) is 0.750. The molecular formula is C20H34N2O5. The Bertz CT molecular complexity index is 493. The number of carbonyl (C=O) groups excluding carboxylic acids is 3. The van der Waals surface area contributed by atoms with E-state index >= 15 is 0 Å². The summed E-state index contributed by atoms with van der Waals surface area (Å²) < 4.78 is 10.9. The SMILES string of the molecule is CC(C)(C)CCOCCOCCNC(=O)CCCCCN1C(=O)C=CC1=O. The van der Waals surface area contributed by atoms with E-state index in [9.17, 15) is 14.4 Å². The van der Waals surface area contributed by atoms with Crippen LogP contribution in [0.15, 0.2) is 12.2 Å². The van der Waals surface area contributed by atoms with Crippen LogP contribution in [0.5, 0.6) is 0 Å². The van der Waals surface area contributed by atoms with Crippen LogP contribution in [-0.4, -0.2) is 62.1 Å². The molecular weight excluding hydrogens is 348 g/mol. The lowest BCUT2D eigenvalue weighted by atomic mass is 9.93. The second-order valence-corrected chi connectivity index (χ2v) is 7.86. The quantitative estimate of drug-likeness (QED) is 0.367. The van der Waals surface area contributed by atoms with Gasteiger partial charge in [-0.3, -0.25) is 19.3 Å². The Morgan fingerprint density at radius 2 is 1.59 bits per heavy atom. The average molecular weight is 383 g/mol. The zero-order chi connectivity index (χ0) is 20.1. The predicted molar refractivity (Wildman–Crippen MR) is 103 cm³/mol. The highest BCUT2D eigenvalue weighted by molar-refractivity contribution is 6.12. The summed E-state index contributed by atoms with van der Waals surface area (Å²) in [5.41, 5.74) is 0.283. The normalized spacial score (nSPS) is 14.3. The van der Waals surface area contributed by atoms with Gasteiger partial charge in [0.1, 0.15) is 0 Å². The van der Waals surface area contributed by atoms with Crippen molar-refractivity contribution in [1.29, 1.82) is 0 Å². The van der Waals surface area contributed by atoms with Crippen LogP contribution in [0, 0.1) is 5.41 Å². The van der Waals surface area contributed by atoms with Crippen LogP contribution in [0.25, 0.3) is 0 Å². The third kappa shape index (κ3) is 11.6. The Labute approximate surface area is 162 Å². The molecule has 0 saturated carbocycles. The fourth-order valence-electron chi connectivity index (χ4n) is 2.44. The number of rotatable bonds is 14. The van der Waals surface area contributed by atoms with Crippen molar-refractivity contribution in [3.8, 4) is 0 Å². The lowest BCUT2D eigenvalue weighted by Gasteiger charge is -2.17. The number of hydrogen-bond donors (Lipinski definition) is 1. The predicted octanol–water partition coefficient (Wildman–Crippen LogP) is 2.06. The molecule has 7 heteroatoms. The van der Waals surface area contributed by atoms with Gasteiger partial charge in [-0.1, -0.05) is 27.2 Å². The number of ether oxygens (including phenoxy) is 2.